The van der Waals surface area contributed by atoms with Crippen molar-refractivity contribution in [2.24, 2.45) is 10.7 Å². The highest BCUT2D eigenvalue weighted by atomic mass is 19.1. The molecule has 0 saturated carbocycles. The standard InChI is InChI=1S/C18H17F2N3O2.CH4/c1-10-8-11(4-7-15(10)25-3)18(16(24)23(2)17(21)22-18)13-6-5-12(19)9-14(13)20;/h4-9H,1-3H3,(H2,21,22);1H4. The molecule has 0 spiro atoms. The van der Waals surface area contributed by atoms with Crippen LogP contribution < -0.4 is 10.5 Å². The number of nitrogens with two attached hydrogens (primary N) is 1. The number of amides is 1. The second-order valence-corrected chi connectivity index (χ2v) is 5.85. The minimum atomic E-state index is -1.70. The lowest BCUT2D eigenvalue weighted by Gasteiger charge is -2.27. The molecular formula is C19H21F2N3O2. The van der Waals surface area contributed by atoms with E-state index in [-0.39, 0.29) is 18.9 Å². The van der Waals surface area contributed by atoms with E-state index in [1.165, 1.54) is 20.2 Å². The summed E-state index contributed by atoms with van der Waals surface area (Å²) in [5.74, 6) is -1.54. The van der Waals surface area contributed by atoms with Gasteiger partial charge in [-0.2, -0.15) is 0 Å². The summed E-state index contributed by atoms with van der Waals surface area (Å²) in [5, 5.41) is 0. The molecule has 0 bridgehead atoms. The molecule has 5 nitrogen and oxygen atoms in total. The van der Waals surface area contributed by atoms with Crippen LogP contribution in [0.4, 0.5) is 8.78 Å². The topological polar surface area (TPSA) is 67.9 Å². The third-order valence-electron chi connectivity index (χ3n) is 4.37. The lowest BCUT2D eigenvalue weighted by atomic mass is 9.82. The molecule has 1 aliphatic rings. The van der Waals surface area contributed by atoms with Crippen molar-refractivity contribution in [3.8, 4) is 5.75 Å². The Bertz CT molecular complexity index is 898. The van der Waals surface area contributed by atoms with Crippen LogP contribution in [0.25, 0.3) is 0 Å². The van der Waals surface area contributed by atoms with Crippen LogP contribution in [0, 0.1) is 18.6 Å². The molecule has 2 aromatic rings. The van der Waals surface area contributed by atoms with Crippen molar-refractivity contribution >= 4 is 11.9 Å². The number of rotatable bonds is 3. The van der Waals surface area contributed by atoms with Gasteiger partial charge in [0.1, 0.15) is 17.4 Å². The molecule has 7 heteroatoms. The van der Waals surface area contributed by atoms with E-state index < -0.39 is 23.1 Å². The predicted octanol–water partition coefficient (Wildman–Crippen LogP) is 2.95. The van der Waals surface area contributed by atoms with Crippen LogP contribution in [0.15, 0.2) is 41.4 Å². The van der Waals surface area contributed by atoms with Crippen LogP contribution in [0.1, 0.15) is 24.1 Å². The molecule has 1 aliphatic heterocycles. The van der Waals surface area contributed by atoms with E-state index in [0.29, 0.717) is 11.3 Å². The number of guanidine groups is 1. The zero-order chi connectivity index (χ0) is 18.4. The van der Waals surface area contributed by atoms with Crippen molar-refractivity contribution in [1.82, 2.24) is 4.90 Å². The van der Waals surface area contributed by atoms with Gasteiger partial charge in [0.2, 0.25) is 0 Å². The fourth-order valence-corrected chi connectivity index (χ4v) is 3.05. The number of aryl methyl sites for hydroxylation is 1. The van der Waals surface area contributed by atoms with Crippen molar-refractivity contribution in [2.45, 2.75) is 19.9 Å². The molecule has 1 unspecified atom stereocenters. The number of halogens is 2. The van der Waals surface area contributed by atoms with Gasteiger partial charge in [-0.1, -0.05) is 13.5 Å². The van der Waals surface area contributed by atoms with Crippen LogP contribution in [0.2, 0.25) is 0 Å². The van der Waals surface area contributed by atoms with Crippen LogP contribution in [0.3, 0.4) is 0 Å². The number of likely N-dealkylation sites (N-methyl/N-ethyl adjacent to an activating group) is 1. The number of carbonyl (C=O) groups excluding carboxylic acids is 1. The molecule has 0 aromatic heterocycles. The first kappa shape index (κ1) is 19.4. The van der Waals surface area contributed by atoms with Gasteiger partial charge < -0.3 is 10.5 Å². The SMILES string of the molecule is C.COc1ccc(C2(c3ccc(F)cc3F)N=C(N)N(C)C2=O)cc1C. The van der Waals surface area contributed by atoms with Crippen LogP contribution in [-0.4, -0.2) is 30.9 Å². The van der Waals surface area contributed by atoms with E-state index in [0.717, 1.165) is 22.6 Å². The second-order valence-electron chi connectivity index (χ2n) is 5.85. The number of benzene rings is 2. The van der Waals surface area contributed by atoms with Gasteiger partial charge in [-0.15, -0.1) is 0 Å². The van der Waals surface area contributed by atoms with E-state index in [4.69, 9.17) is 10.5 Å². The number of nitrogens with zero attached hydrogens (tertiary/aromatic N) is 2. The first-order valence-corrected chi connectivity index (χ1v) is 7.55. The Hall–Kier alpha value is -2.96. The van der Waals surface area contributed by atoms with Crippen LogP contribution in [0.5, 0.6) is 5.75 Å². The van der Waals surface area contributed by atoms with E-state index in [2.05, 4.69) is 4.99 Å². The molecule has 0 saturated heterocycles. The summed E-state index contributed by atoms with van der Waals surface area (Å²) in [6.45, 7) is 1.80. The van der Waals surface area contributed by atoms with Crippen molar-refractivity contribution in [1.29, 1.82) is 0 Å². The molecule has 138 valence electrons. The lowest BCUT2D eigenvalue weighted by molar-refractivity contribution is -0.129. The Balaban J connectivity index is 0.00000243. The Morgan fingerprint density at radius 3 is 2.38 bits per heavy atom. The normalized spacial score (nSPS) is 19.2. The molecule has 0 radical (unpaired) electrons. The van der Waals surface area contributed by atoms with Crippen molar-refractivity contribution < 1.29 is 18.3 Å². The zero-order valence-electron chi connectivity index (χ0n) is 14.0. The van der Waals surface area contributed by atoms with Crippen LogP contribution >= 0.6 is 0 Å². The number of hydrogen-bond acceptors (Lipinski definition) is 4. The summed E-state index contributed by atoms with van der Waals surface area (Å²) in [5.41, 5.74) is 5.24. The minimum Gasteiger partial charge on any atom is -0.496 e. The highest BCUT2D eigenvalue weighted by molar-refractivity contribution is 6.09. The number of hydrogen-bond donors (Lipinski definition) is 1. The number of ether oxygens (including phenoxy) is 1. The van der Waals surface area contributed by atoms with Gasteiger partial charge >= 0.3 is 0 Å². The molecule has 1 heterocycles. The summed E-state index contributed by atoms with van der Waals surface area (Å²) < 4.78 is 33.2. The minimum absolute atomic E-state index is 0. The fraction of sp³-hybridized carbons (Fsp3) is 0.263. The second kappa shape index (κ2) is 6.74. The molecule has 1 atom stereocenters. The van der Waals surface area contributed by atoms with Gasteiger partial charge in [-0.3, -0.25) is 9.69 Å². The average Bonchev–Trinajstić information content (AvgIpc) is 2.80. The highest BCUT2D eigenvalue weighted by Gasteiger charge is 2.51. The number of carbonyl (C=O) groups is 1. The molecule has 26 heavy (non-hydrogen) atoms. The molecule has 0 fully saturated rings. The van der Waals surface area contributed by atoms with E-state index in [9.17, 15) is 13.6 Å². The molecule has 2 aromatic carbocycles. The first-order chi connectivity index (χ1) is 11.8. The first-order valence-electron chi connectivity index (χ1n) is 7.55. The number of methoxy groups -OCH3 is 1. The molecular weight excluding hydrogens is 340 g/mol. The smallest absolute Gasteiger partial charge is 0.266 e. The van der Waals surface area contributed by atoms with Crippen molar-refractivity contribution in [3.63, 3.8) is 0 Å². The van der Waals surface area contributed by atoms with E-state index in [1.807, 2.05) is 0 Å². The zero-order valence-corrected chi connectivity index (χ0v) is 14.0. The number of aliphatic imine (C=N–C) groups is 1. The molecule has 3 rings (SSSR count). The summed E-state index contributed by atoms with van der Waals surface area (Å²) in [6, 6.07) is 8.03. The van der Waals surface area contributed by atoms with Gasteiger partial charge in [0.25, 0.3) is 5.91 Å². The van der Waals surface area contributed by atoms with E-state index in [1.54, 1.807) is 25.1 Å². The maximum atomic E-state index is 14.6. The van der Waals surface area contributed by atoms with Gasteiger partial charge in [-0.05, 0) is 42.3 Å². The predicted molar refractivity (Wildman–Crippen MR) is 96.0 cm³/mol. The third-order valence-corrected chi connectivity index (χ3v) is 4.37. The fourth-order valence-electron chi connectivity index (χ4n) is 3.05. The Kier molecular flexibility index (Phi) is 5.02. The quantitative estimate of drug-likeness (QED) is 0.914. The maximum Gasteiger partial charge on any atom is 0.266 e. The van der Waals surface area contributed by atoms with Gasteiger partial charge in [0.05, 0.1) is 7.11 Å². The van der Waals surface area contributed by atoms with Crippen molar-refractivity contribution in [2.75, 3.05) is 14.2 Å². The third kappa shape index (κ3) is 2.69. The molecule has 0 aliphatic carbocycles. The monoisotopic (exact) mass is 361 g/mol. The van der Waals surface area contributed by atoms with Gasteiger partial charge in [0.15, 0.2) is 11.5 Å². The van der Waals surface area contributed by atoms with Crippen molar-refractivity contribution in [3.05, 3.63) is 64.7 Å². The maximum absolute atomic E-state index is 14.6. The summed E-state index contributed by atoms with van der Waals surface area (Å²) in [6.07, 6.45) is 0. The van der Waals surface area contributed by atoms with Crippen LogP contribution in [-0.2, 0) is 10.3 Å². The highest BCUT2D eigenvalue weighted by Crippen LogP contribution is 2.41. The Morgan fingerprint density at radius 2 is 1.88 bits per heavy atom. The van der Waals surface area contributed by atoms with E-state index >= 15 is 0 Å². The molecule has 2 N–H and O–H groups in total. The molecule has 1 amide bonds. The summed E-state index contributed by atoms with van der Waals surface area (Å²) in [4.78, 5) is 18.4. The largest absolute Gasteiger partial charge is 0.496 e. The summed E-state index contributed by atoms with van der Waals surface area (Å²) >= 11 is 0. The Labute approximate surface area is 151 Å². The summed E-state index contributed by atoms with van der Waals surface area (Å²) in [7, 11) is 2.99. The lowest BCUT2D eigenvalue weighted by Crippen LogP contribution is -2.41. The average molecular weight is 361 g/mol. The van der Waals surface area contributed by atoms with Gasteiger partial charge in [0, 0.05) is 18.7 Å². The van der Waals surface area contributed by atoms with Gasteiger partial charge in [-0.25, -0.2) is 13.8 Å². The Morgan fingerprint density at radius 1 is 1.19 bits per heavy atom.